The normalized spacial score (nSPS) is 12.5. The van der Waals surface area contributed by atoms with Crippen molar-refractivity contribution in [1.29, 1.82) is 5.26 Å². The number of benzene rings is 8. The fourth-order valence-electron chi connectivity index (χ4n) is 8.45. The summed E-state index contributed by atoms with van der Waals surface area (Å²) in [5, 5.41) is 20.6. The Morgan fingerprint density at radius 1 is 0.611 bits per heavy atom. The van der Waals surface area contributed by atoms with Crippen molar-refractivity contribution < 1.29 is 19.2 Å². The summed E-state index contributed by atoms with van der Waals surface area (Å²) in [6.45, 7) is 3.29. The van der Waals surface area contributed by atoms with E-state index in [9.17, 15) is 19.2 Å². The number of imide groups is 2. The van der Waals surface area contributed by atoms with Crippen LogP contribution < -0.4 is 16.4 Å². The maximum atomic E-state index is 13.8. The molecular weight excluding hydrogens is 1070 g/mol. The molecule has 364 valence electrons. The van der Waals surface area contributed by atoms with Crippen LogP contribution in [0.5, 0.6) is 0 Å². The molecule has 0 saturated heterocycles. The van der Waals surface area contributed by atoms with Crippen molar-refractivity contribution in [2.24, 2.45) is 4.36 Å². The van der Waals surface area contributed by atoms with E-state index in [1.807, 2.05) is 153 Å². The van der Waals surface area contributed by atoms with Crippen LogP contribution in [-0.4, -0.2) is 103 Å². The van der Waals surface area contributed by atoms with E-state index in [1.54, 1.807) is 24.3 Å². The van der Waals surface area contributed by atoms with Crippen LogP contribution in [0.15, 0.2) is 147 Å². The van der Waals surface area contributed by atoms with Gasteiger partial charge in [0.25, 0.3) is 23.6 Å². The average molecular weight is 1120 g/mol. The number of likely N-dealkylation sites (N-methyl/N-ethyl adjacent to an activating group) is 2. The van der Waals surface area contributed by atoms with Crippen LogP contribution in [0.3, 0.4) is 0 Å². The van der Waals surface area contributed by atoms with Gasteiger partial charge >= 0.3 is 0 Å². The Morgan fingerprint density at radius 2 is 1.03 bits per heavy atom. The van der Waals surface area contributed by atoms with Gasteiger partial charge in [0, 0.05) is 104 Å². The fraction of sp³-hybridized carbons (Fsp3) is 0.164. The van der Waals surface area contributed by atoms with Gasteiger partial charge < -0.3 is 26.2 Å². The first-order valence-corrected chi connectivity index (χ1v) is 24.9. The highest BCUT2D eigenvalue weighted by atomic mass is 79.9. The molecule has 10 rings (SSSR count). The van der Waals surface area contributed by atoms with E-state index in [-0.39, 0.29) is 23.6 Å². The van der Waals surface area contributed by atoms with Gasteiger partial charge in [0.1, 0.15) is 0 Å². The number of rotatable bonds is 9. The smallest absolute Gasteiger partial charge is 0.262 e. The van der Waals surface area contributed by atoms with Gasteiger partial charge in [-0.1, -0.05) is 80.4 Å². The number of nitrogen functional groups attached to an aromatic ring is 1. The number of nitrogens with two attached hydrogens (primary N) is 1. The molecule has 4 N–H and O–H groups in total. The summed E-state index contributed by atoms with van der Waals surface area (Å²) < 4.78 is 5.60. The Bertz CT molecular complexity index is 3470. The van der Waals surface area contributed by atoms with Crippen molar-refractivity contribution >= 4 is 151 Å². The Labute approximate surface area is 445 Å². The quantitative estimate of drug-likeness (QED) is 0.0542. The summed E-state index contributed by atoms with van der Waals surface area (Å²) in [5.41, 5.74) is 11.3. The first kappa shape index (κ1) is 52.8. The average Bonchev–Trinajstić information content (AvgIpc) is 3.35. The predicted octanol–water partition coefficient (Wildman–Crippen LogP) is 11.8. The molecule has 0 aromatic heterocycles. The van der Waals surface area contributed by atoms with Crippen LogP contribution >= 0.6 is 44.1 Å². The Hall–Kier alpha value is -7.04. The van der Waals surface area contributed by atoms with Gasteiger partial charge in [-0.3, -0.25) is 29.0 Å². The molecule has 2 heterocycles. The summed E-state index contributed by atoms with van der Waals surface area (Å²) in [6.07, 6.45) is 0. The van der Waals surface area contributed by atoms with E-state index in [0.29, 0.717) is 75.7 Å². The monoisotopic (exact) mass is 1120 g/mol. The Morgan fingerprint density at radius 3 is 1.50 bits per heavy atom. The summed E-state index contributed by atoms with van der Waals surface area (Å²) in [4.78, 5) is 59.8. The van der Waals surface area contributed by atoms with Gasteiger partial charge in [-0.15, -0.1) is 0 Å². The molecule has 0 unspecified atom stereocenters. The van der Waals surface area contributed by atoms with E-state index in [2.05, 4.69) is 59.3 Å². The zero-order valence-corrected chi connectivity index (χ0v) is 44.8. The zero-order valence-electron chi connectivity index (χ0n) is 40.0. The number of hydrogen-bond donors (Lipinski definition) is 3. The molecule has 2 aliphatic rings. The summed E-state index contributed by atoms with van der Waals surface area (Å²) in [6, 6.07) is 43.6. The molecular formula is C55H49Br2N9O4S2. The van der Waals surface area contributed by atoms with Crippen LogP contribution in [0.25, 0.3) is 43.1 Å². The minimum atomic E-state index is -0.285. The Balaban J connectivity index is 0.000000178. The highest BCUT2D eigenvalue weighted by molar-refractivity contribution is 9.10. The van der Waals surface area contributed by atoms with Gasteiger partial charge in [-0.2, -0.15) is 9.62 Å². The number of carbonyl (C=O) groups excluding carboxylic acids is 4. The van der Waals surface area contributed by atoms with E-state index < -0.39 is 0 Å². The number of halogens is 2. The number of anilines is 3. The van der Waals surface area contributed by atoms with Gasteiger partial charge in [0.05, 0.1) is 22.9 Å². The van der Waals surface area contributed by atoms with Crippen LogP contribution in [-0.2, 0) is 12.4 Å². The van der Waals surface area contributed by atoms with Crippen molar-refractivity contribution in [1.82, 2.24) is 19.6 Å². The highest BCUT2D eigenvalue weighted by Crippen LogP contribution is 2.40. The molecule has 4 amide bonds. The van der Waals surface area contributed by atoms with Crippen molar-refractivity contribution in [3.05, 3.63) is 165 Å². The summed E-state index contributed by atoms with van der Waals surface area (Å²) in [5.74, 6) is -1.04. The standard InChI is InChI=1S/C27H23BrN4O2S.C20H19N3O2.C6H4BrNS.C2H3N/c1-31(2)13-14-32-25(33)20-7-3-5-16-15-17-6-4-8-21(23(17)24(22(16)20)26(32)34)30-27(35)29-19-11-9-18(28)10-12-19;1-22(2)9-10-23-19(24)14-7-3-5-12-11-13-6-4-8-15(21)17(13)18(16(12)14)20(23)25;7-5-1-3-6(8-9)4-2-5;1-2-3/h3-12,15H,13-14H2,1-2H3,(H2,29,30,35);3-8,11H,9-10,21H2,1-2H3;1-4H;1H3. The molecule has 72 heavy (non-hydrogen) atoms. The van der Waals surface area contributed by atoms with Gasteiger partial charge in [-0.05, 0) is 147 Å². The van der Waals surface area contributed by atoms with Crippen molar-refractivity contribution in [3.63, 3.8) is 0 Å². The fourth-order valence-corrected chi connectivity index (χ4v) is 9.33. The number of nitrogens with zero attached hydrogens (tertiary/aromatic N) is 6. The predicted molar refractivity (Wildman–Crippen MR) is 304 cm³/mol. The second-order valence-corrected chi connectivity index (χ2v) is 19.6. The molecule has 0 atom stereocenters. The van der Waals surface area contributed by atoms with Crippen LogP contribution in [0.1, 0.15) is 48.4 Å². The number of nitriles is 1. The summed E-state index contributed by atoms with van der Waals surface area (Å²) in [7, 11) is 7.68. The molecule has 0 spiro atoms. The van der Waals surface area contributed by atoms with E-state index >= 15 is 0 Å². The van der Waals surface area contributed by atoms with E-state index in [4.69, 9.17) is 23.2 Å². The summed E-state index contributed by atoms with van der Waals surface area (Å²) >= 11 is 16.8. The number of hydrogen-bond acceptors (Lipinski definition) is 11. The zero-order chi connectivity index (χ0) is 51.8. The number of amides is 4. The van der Waals surface area contributed by atoms with Gasteiger partial charge in [0.15, 0.2) is 5.11 Å². The lowest BCUT2D eigenvalue weighted by atomic mass is 9.89. The third-order valence-electron chi connectivity index (χ3n) is 11.7. The van der Waals surface area contributed by atoms with Crippen molar-refractivity contribution in [3.8, 4) is 6.07 Å². The minimum absolute atomic E-state index is 0.237. The largest absolute Gasteiger partial charge is 0.398 e. The first-order valence-electron chi connectivity index (χ1n) is 22.5. The molecule has 0 radical (unpaired) electrons. The van der Waals surface area contributed by atoms with Crippen molar-refractivity contribution in [2.45, 2.75) is 6.92 Å². The van der Waals surface area contributed by atoms with Crippen molar-refractivity contribution in [2.75, 3.05) is 70.7 Å². The SMILES string of the molecule is CC#N.CN(C)CCN1C(=O)c2cccc3cc4cccc(N)c4c(c23)C1=O.CN(C)CCN1C(=O)c2cccc3cc4cccc(NC(=S)Nc5ccc(Br)cc5)c4c(c23)C1=O.S=Nc1ccc(Br)cc1. The third-order valence-corrected chi connectivity index (χ3v) is 13.2. The number of nitrogens with one attached hydrogen (secondary N) is 2. The lowest BCUT2D eigenvalue weighted by Gasteiger charge is -2.29. The molecule has 0 bridgehead atoms. The van der Waals surface area contributed by atoms with E-state index in [0.717, 1.165) is 52.6 Å². The van der Waals surface area contributed by atoms with Crippen LogP contribution in [0.4, 0.5) is 22.7 Å². The first-order chi connectivity index (χ1) is 34.6. The number of fused-ring (bicyclic) bond motifs is 4. The topological polar surface area (TPSA) is 167 Å². The molecule has 0 fully saturated rings. The second-order valence-electron chi connectivity index (χ2n) is 17.2. The Kier molecular flexibility index (Phi) is 17.2. The van der Waals surface area contributed by atoms with Crippen LogP contribution in [0, 0.1) is 11.3 Å². The number of thiocarbonyl (C=S) groups is 1. The number of carbonyl (C=O) groups is 4. The molecule has 8 aromatic rings. The molecule has 17 heteroatoms. The van der Waals surface area contributed by atoms with Gasteiger partial charge in [-0.25, -0.2) is 0 Å². The second kappa shape index (κ2) is 23.5. The molecule has 8 aromatic carbocycles. The minimum Gasteiger partial charge on any atom is -0.398 e. The maximum absolute atomic E-state index is 13.8. The van der Waals surface area contributed by atoms with Crippen LogP contribution in [0.2, 0.25) is 0 Å². The third kappa shape index (κ3) is 11.5. The molecule has 2 aliphatic heterocycles. The van der Waals surface area contributed by atoms with E-state index in [1.165, 1.54) is 16.7 Å². The molecule has 13 nitrogen and oxygen atoms in total. The lowest BCUT2D eigenvalue weighted by Crippen LogP contribution is -2.43. The van der Waals surface area contributed by atoms with Gasteiger partial charge in [0.2, 0.25) is 0 Å². The molecule has 0 aliphatic carbocycles. The highest BCUT2D eigenvalue weighted by Gasteiger charge is 2.36. The maximum Gasteiger partial charge on any atom is 0.262 e. The molecule has 0 saturated carbocycles. The lowest BCUT2D eigenvalue weighted by molar-refractivity contribution is 0.0587.